The quantitative estimate of drug-likeness (QED) is 0.661. The summed E-state index contributed by atoms with van der Waals surface area (Å²) in [5.74, 6) is 0.892. The standard InChI is InChI=1S/C11H11NO/c1-8-5-9-3-4-12-7-10(9)11(6-8)13-2/h3-7H,1-2H3. The van der Waals surface area contributed by atoms with Gasteiger partial charge in [-0.15, -0.1) is 0 Å². The Kier molecular flexibility index (Phi) is 1.89. The molecule has 0 saturated carbocycles. The number of aryl methyl sites for hydroxylation is 1. The topological polar surface area (TPSA) is 22.1 Å². The number of nitrogens with zero attached hydrogens (tertiary/aromatic N) is 1. The number of benzene rings is 1. The van der Waals surface area contributed by atoms with Crippen molar-refractivity contribution in [3.8, 4) is 5.75 Å². The molecule has 0 atom stereocenters. The van der Waals surface area contributed by atoms with Gasteiger partial charge in [-0.2, -0.15) is 0 Å². The molecule has 0 amide bonds. The molecule has 0 fully saturated rings. The van der Waals surface area contributed by atoms with Crippen molar-refractivity contribution in [1.29, 1.82) is 0 Å². The van der Waals surface area contributed by atoms with E-state index in [1.807, 2.05) is 18.3 Å². The van der Waals surface area contributed by atoms with Crippen LogP contribution in [0.4, 0.5) is 0 Å². The first-order valence-electron chi connectivity index (χ1n) is 4.19. The summed E-state index contributed by atoms with van der Waals surface area (Å²) in [7, 11) is 1.68. The lowest BCUT2D eigenvalue weighted by Gasteiger charge is -2.05. The van der Waals surface area contributed by atoms with Crippen LogP contribution in [0.25, 0.3) is 10.8 Å². The normalized spacial score (nSPS) is 10.3. The second-order valence-electron chi connectivity index (χ2n) is 3.06. The third kappa shape index (κ3) is 1.35. The first kappa shape index (κ1) is 8.05. The van der Waals surface area contributed by atoms with Crippen molar-refractivity contribution in [1.82, 2.24) is 4.98 Å². The highest BCUT2D eigenvalue weighted by Gasteiger charge is 2.01. The summed E-state index contributed by atoms with van der Waals surface area (Å²) in [5.41, 5.74) is 1.20. The van der Waals surface area contributed by atoms with E-state index >= 15 is 0 Å². The van der Waals surface area contributed by atoms with Gasteiger partial charge in [0.2, 0.25) is 0 Å². The molecule has 2 nitrogen and oxygen atoms in total. The van der Waals surface area contributed by atoms with Crippen LogP contribution in [-0.4, -0.2) is 12.1 Å². The van der Waals surface area contributed by atoms with E-state index in [1.54, 1.807) is 13.3 Å². The average Bonchev–Trinajstić information content (AvgIpc) is 2.16. The minimum absolute atomic E-state index is 0.892. The van der Waals surface area contributed by atoms with Gasteiger partial charge >= 0.3 is 0 Å². The fraction of sp³-hybridized carbons (Fsp3) is 0.182. The van der Waals surface area contributed by atoms with Crippen molar-refractivity contribution in [2.75, 3.05) is 7.11 Å². The number of methoxy groups -OCH3 is 1. The van der Waals surface area contributed by atoms with Crippen molar-refractivity contribution < 1.29 is 4.74 Å². The number of hydrogen-bond donors (Lipinski definition) is 0. The molecule has 1 heterocycles. The highest BCUT2D eigenvalue weighted by molar-refractivity contribution is 5.88. The summed E-state index contributed by atoms with van der Waals surface area (Å²) in [6.07, 6.45) is 3.62. The molecule has 0 aliphatic heterocycles. The van der Waals surface area contributed by atoms with E-state index in [4.69, 9.17) is 4.74 Å². The van der Waals surface area contributed by atoms with Gasteiger partial charge in [-0.1, -0.05) is 6.07 Å². The Morgan fingerprint density at radius 2 is 2.15 bits per heavy atom. The Morgan fingerprint density at radius 1 is 1.31 bits per heavy atom. The summed E-state index contributed by atoms with van der Waals surface area (Å²) in [6, 6.07) is 6.13. The van der Waals surface area contributed by atoms with Gasteiger partial charge in [0.05, 0.1) is 7.11 Å². The predicted molar refractivity (Wildman–Crippen MR) is 53.0 cm³/mol. The highest BCUT2D eigenvalue weighted by atomic mass is 16.5. The molecule has 0 bridgehead atoms. The first-order valence-corrected chi connectivity index (χ1v) is 4.19. The van der Waals surface area contributed by atoms with Crippen molar-refractivity contribution in [3.63, 3.8) is 0 Å². The van der Waals surface area contributed by atoms with Crippen LogP contribution in [0.3, 0.4) is 0 Å². The molecule has 0 radical (unpaired) electrons. The number of rotatable bonds is 1. The maximum Gasteiger partial charge on any atom is 0.128 e. The van der Waals surface area contributed by atoms with Gasteiger partial charge in [0.25, 0.3) is 0 Å². The summed E-state index contributed by atoms with van der Waals surface area (Å²) in [6.45, 7) is 2.06. The zero-order chi connectivity index (χ0) is 9.26. The van der Waals surface area contributed by atoms with Crippen LogP contribution in [0.2, 0.25) is 0 Å². The third-order valence-corrected chi connectivity index (χ3v) is 2.08. The van der Waals surface area contributed by atoms with Gasteiger partial charge in [-0.05, 0) is 30.0 Å². The molecule has 2 heteroatoms. The Labute approximate surface area is 77.2 Å². The van der Waals surface area contributed by atoms with Gasteiger partial charge in [-0.3, -0.25) is 4.98 Å². The van der Waals surface area contributed by atoms with Crippen molar-refractivity contribution in [3.05, 3.63) is 36.2 Å². The number of fused-ring (bicyclic) bond motifs is 1. The average molecular weight is 173 g/mol. The number of pyridine rings is 1. The molecule has 2 aromatic rings. The molecule has 1 aromatic carbocycles. The summed E-state index contributed by atoms with van der Waals surface area (Å²) < 4.78 is 5.27. The van der Waals surface area contributed by atoms with E-state index in [-0.39, 0.29) is 0 Å². The molecule has 66 valence electrons. The lowest BCUT2D eigenvalue weighted by molar-refractivity contribution is 0.419. The third-order valence-electron chi connectivity index (χ3n) is 2.08. The van der Waals surface area contributed by atoms with Crippen LogP contribution in [0.5, 0.6) is 5.75 Å². The van der Waals surface area contributed by atoms with Crippen LogP contribution >= 0.6 is 0 Å². The lowest BCUT2D eigenvalue weighted by atomic mass is 10.1. The Bertz CT molecular complexity index is 437. The molecule has 13 heavy (non-hydrogen) atoms. The van der Waals surface area contributed by atoms with Gasteiger partial charge < -0.3 is 4.74 Å². The minimum atomic E-state index is 0.892. The highest BCUT2D eigenvalue weighted by Crippen LogP contribution is 2.25. The van der Waals surface area contributed by atoms with Crippen molar-refractivity contribution in [2.45, 2.75) is 6.92 Å². The molecule has 1 aromatic heterocycles. The Hall–Kier alpha value is -1.57. The molecule has 0 aliphatic carbocycles. The van der Waals surface area contributed by atoms with Gasteiger partial charge in [-0.25, -0.2) is 0 Å². The lowest BCUT2D eigenvalue weighted by Crippen LogP contribution is -1.86. The summed E-state index contributed by atoms with van der Waals surface area (Å²) in [5, 5.41) is 2.24. The van der Waals surface area contributed by atoms with Gasteiger partial charge in [0.1, 0.15) is 5.75 Å². The number of ether oxygens (including phenoxy) is 1. The van der Waals surface area contributed by atoms with Crippen molar-refractivity contribution in [2.24, 2.45) is 0 Å². The number of hydrogen-bond acceptors (Lipinski definition) is 2. The Balaban J connectivity index is 2.81. The van der Waals surface area contributed by atoms with E-state index in [2.05, 4.69) is 18.0 Å². The zero-order valence-electron chi connectivity index (χ0n) is 7.74. The smallest absolute Gasteiger partial charge is 0.128 e. The maximum absolute atomic E-state index is 5.27. The van der Waals surface area contributed by atoms with E-state index in [0.717, 1.165) is 11.1 Å². The predicted octanol–water partition coefficient (Wildman–Crippen LogP) is 2.55. The first-order chi connectivity index (χ1) is 6.31. The molecule has 0 spiro atoms. The second kappa shape index (κ2) is 3.05. The molecule has 0 unspecified atom stereocenters. The Morgan fingerprint density at radius 3 is 2.92 bits per heavy atom. The molecule has 2 rings (SSSR count). The molecule has 0 aliphatic rings. The van der Waals surface area contributed by atoms with Crippen LogP contribution < -0.4 is 4.74 Å². The summed E-state index contributed by atoms with van der Waals surface area (Å²) in [4.78, 5) is 4.07. The minimum Gasteiger partial charge on any atom is -0.496 e. The molecular formula is C11H11NO. The van der Waals surface area contributed by atoms with E-state index in [0.29, 0.717) is 0 Å². The van der Waals surface area contributed by atoms with Gasteiger partial charge in [0.15, 0.2) is 0 Å². The maximum atomic E-state index is 5.27. The van der Waals surface area contributed by atoms with Crippen LogP contribution in [0.1, 0.15) is 5.56 Å². The molecule has 0 N–H and O–H groups in total. The van der Waals surface area contributed by atoms with E-state index in [9.17, 15) is 0 Å². The largest absolute Gasteiger partial charge is 0.496 e. The van der Waals surface area contributed by atoms with Crippen molar-refractivity contribution >= 4 is 10.8 Å². The van der Waals surface area contributed by atoms with Crippen LogP contribution in [0.15, 0.2) is 30.6 Å². The molecular weight excluding hydrogens is 162 g/mol. The van der Waals surface area contributed by atoms with Crippen LogP contribution in [-0.2, 0) is 0 Å². The summed E-state index contributed by atoms with van der Waals surface area (Å²) >= 11 is 0. The van der Waals surface area contributed by atoms with E-state index in [1.165, 1.54) is 10.9 Å². The fourth-order valence-electron chi connectivity index (χ4n) is 1.48. The number of aromatic nitrogens is 1. The monoisotopic (exact) mass is 173 g/mol. The SMILES string of the molecule is COc1cc(C)cc2ccncc12. The second-order valence-corrected chi connectivity index (χ2v) is 3.06. The van der Waals surface area contributed by atoms with Crippen LogP contribution in [0, 0.1) is 6.92 Å². The molecule has 0 saturated heterocycles. The fourth-order valence-corrected chi connectivity index (χ4v) is 1.48. The zero-order valence-corrected chi connectivity index (χ0v) is 7.74. The van der Waals surface area contributed by atoms with Gasteiger partial charge in [0, 0.05) is 17.8 Å². The van der Waals surface area contributed by atoms with E-state index < -0.39 is 0 Å².